The van der Waals surface area contributed by atoms with E-state index in [1.54, 1.807) is 12.1 Å². The van der Waals surface area contributed by atoms with Gasteiger partial charge in [0.2, 0.25) is 0 Å². The van der Waals surface area contributed by atoms with Crippen molar-refractivity contribution in [3.05, 3.63) is 42.5 Å². The van der Waals surface area contributed by atoms with Crippen molar-refractivity contribution in [3.63, 3.8) is 0 Å². The Morgan fingerprint density at radius 3 is 2.52 bits per heavy atom. The molecule has 0 unspecified atom stereocenters. The molecule has 0 saturated carbocycles. The Kier molecular flexibility index (Phi) is 6.21. The van der Waals surface area contributed by atoms with Gasteiger partial charge in [-0.3, -0.25) is 0 Å². The van der Waals surface area contributed by atoms with Crippen LogP contribution in [0.1, 0.15) is 20.3 Å². The van der Waals surface area contributed by atoms with E-state index < -0.39 is 0 Å². The second-order valence-corrected chi connectivity index (χ2v) is 7.16. The monoisotopic (exact) mass is 371 g/mol. The van der Waals surface area contributed by atoms with Gasteiger partial charge in [-0.05, 0) is 36.6 Å². The van der Waals surface area contributed by atoms with Crippen LogP contribution in [0, 0.1) is 11.7 Å². The van der Waals surface area contributed by atoms with Crippen molar-refractivity contribution < 1.29 is 9.18 Å². The van der Waals surface area contributed by atoms with Crippen molar-refractivity contribution in [1.82, 2.24) is 20.2 Å². The molecule has 1 aliphatic heterocycles. The molecule has 144 valence electrons. The zero-order chi connectivity index (χ0) is 19.2. The van der Waals surface area contributed by atoms with Gasteiger partial charge in [0.25, 0.3) is 0 Å². The summed E-state index contributed by atoms with van der Waals surface area (Å²) in [5, 5.41) is 2.99. The number of hydrogen-bond donors (Lipinski definition) is 1. The lowest BCUT2D eigenvalue weighted by Crippen LogP contribution is -2.52. The number of urea groups is 1. The van der Waals surface area contributed by atoms with Gasteiger partial charge < -0.3 is 15.1 Å². The lowest BCUT2D eigenvalue weighted by molar-refractivity contribution is 0.193. The van der Waals surface area contributed by atoms with Crippen LogP contribution in [-0.2, 0) is 0 Å². The standard InChI is InChI=1S/C20H26FN5O/c1-15(2)7-8-22-20(27)26-11-9-25(10-12-26)19-13-18(23-14-24-19)16-3-5-17(21)6-4-16/h3-6,13-15H,7-12H2,1-2H3,(H,22,27). The first-order chi connectivity index (χ1) is 13.0. The van der Waals surface area contributed by atoms with Gasteiger partial charge in [-0.15, -0.1) is 0 Å². The summed E-state index contributed by atoms with van der Waals surface area (Å²) in [7, 11) is 0. The van der Waals surface area contributed by atoms with E-state index in [0.29, 0.717) is 25.6 Å². The Hall–Kier alpha value is -2.70. The summed E-state index contributed by atoms with van der Waals surface area (Å²) < 4.78 is 13.1. The van der Waals surface area contributed by atoms with E-state index in [1.807, 2.05) is 11.0 Å². The fourth-order valence-electron chi connectivity index (χ4n) is 3.02. The van der Waals surface area contributed by atoms with Crippen LogP contribution in [0.4, 0.5) is 15.0 Å². The first-order valence-electron chi connectivity index (χ1n) is 9.38. The fraction of sp³-hybridized carbons (Fsp3) is 0.450. The number of carbonyl (C=O) groups excluding carboxylic acids is 1. The van der Waals surface area contributed by atoms with Crippen LogP contribution in [-0.4, -0.2) is 53.6 Å². The molecule has 0 atom stereocenters. The maximum atomic E-state index is 13.1. The van der Waals surface area contributed by atoms with Crippen LogP contribution >= 0.6 is 0 Å². The largest absolute Gasteiger partial charge is 0.353 e. The average Bonchev–Trinajstić information content (AvgIpc) is 2.68. The third-order valence-corrected chi connectivity index (χ3v) is 4.68. The zero-order valence-electron chi connectivity index (χ0n) is 15.9. The Bertz CT molecular complexity index is 757. The number of piperazine rings is 1. The minimum atomic E-state index is -0.268. The number of amides is 2. The molecule has 1 fully saturated rings. The van der Waals surface area contributed by atoms with Crippen molar-refractivity contribution in [3.8, 4) is 11.3 Å². The Labute approximate surface area is 159 Å². The number of nitrogens with zero attached hydrogens (tertiary/aromatic N) is 4. The van der Waals surface area contributed by atoms with Gasteiger partial charge >= 0.3 is 6.03 Å². The molecule has 0 bridgehead atoms. The number of rotatable bonds is 5. The van der Waals surface area contributed by atoms with Crippen LogP contribution in [0.25, 0.3) is 11.3 Å². The fourth-order valence-corrected chi connectivity index (χ4v) is 3.02. The summed E-state index contributed by atoms with van der Waals surface area (Å²) in [4.78, 5) is 24.9. The molecule has 3 rings (SSSR count). The second-order valence-electron chi connectivity index (χ2n) is 7.16. The van der Waals surface area contributed by atoms with E-state index in [2.05, 4.69) is 34.0 Å². The van der Waals surface area contributed by atoms with Crippen molar-refractivity contribution in [2.45, 2.75) is 20.3 Å². The second kappa shape index (κ2) is 8.79. The highest BCUT2D eigenvalue weighted by atomic mass is 19.1. The third kappa shape index (κ3) is 5.15. The van der Waals surface area contributed by atoms with Gasteiger partial charge in [0, 0.05) is 44.4 Å². The van der Waals surface area contributed by atoms with E-state index in [-0.39, 0.29) is 11.8 Å². The summed E-state index contributed by atoms with van der Waals surface area (Å²) in [5.41, 5.74) is 1.61. The molecule has 1 aromatic heterocycles. The summed E-state index contributed by atoms with van der Waals surface area (Å²) >= 11 is 0. The molecule has 2 heterocycles. The highest BCUT2D eigenvalue weighted by molar-refractivity contribution is 5.74. The molecule has 2 aromatic rings. The Morgan fingerprint density at radius 1 is 1.15 bits per heavy atom. The number of nitrogens with one attached hydrogen (secondary N) is 1. The number of hydrogen-bond acceptors (Lipinski definition) is 4. The molecule has 1 saturated heterocycles. The Balaban J connectivity index is 1.57. The highest BCUT2D eigenvalue weighted by Crippen LogP contribution is 2.21. The SMILES string of the molecule is CC(C)CCNC(=O)N1CCN(c2cc(-c3ccc(F)cc3)ncn2)CC1. The lowest BCUT2D eigenvalue weighted by atomic mass is 10.1. The normalized spacial score (nSPS) is 14.5. The molecule has 7 heteroatoms. The van der Waals surface area contributed by atoms with Crippen LogP contribution in [0.15, 0.2) is 36.7 Å². The summed E-state index contributed by atoms with van der Waals surface area (Å²) in [6.07, 6.45) is 2.51. The molecule has 2 amide bonds. The molecular formula is C20H26FN5O. The van der Waals surface area contributed by atoms with E-state index in [4.69, 9.17) is 0 Å². The van der Waals surface area contributed by atoms with Gasteiger partial charge in [0.05, 0.1) is 5.69 Å². The van der Waals surface area contributed by atoms with E-state index in [0.717, 1.165) is 36.6 Å². The van der Waals surface area contributed by atoms with Crippen LogP contribution in [0.2, 0.25) is 0 Å². The molecular weight excluding hydrogens is 345 g/mol. The first kappa shape index (κ1) is 19.1. The molecule has 0 radical (unpaired) electrons. The number of benzene rings is 1. The predicted molar refractivity (Wildman–Crippen MR) is 104 cm³/mol. The van der Waals surface area contributed by atoms with E-state index in [9.17, 15) is 9.18 Å². The van der Waals surface area contributed by atoms with Crippen LogP contribution in [0.5, 0.6) is 0 Å². The predicted octanol–water partition coefficient (Wildman–Crippen LogP) is 3.16. The lowest BCUT2D eigenvalue weighted by Gasteiger charge is -2.35. The molecule has 0 aliphatic carbocycles. The summed E-state index contributed by atoms with van der Waals surface area (Å²) in [6, 6.07) is 8.18. The zero-order valence-corrected chi connectivity index (χ0v) is 15.9. The van der Waals surface area contributed by atoms with Crippen molar-refractivity contribution >= 4 is 11.8 Å². The maximum Gasteiger partial charge on any atom is 0.317 e. The molecule has 27 heavy (non-hydrogen) atoms. The van der Waals surface area contributed by atoms with Crippen molar-refractivity contribution in [2.24, 2.45) is 5.92 Å². The van der Waals surface area contributed by atoms with Gasteiger partial charge in [-0.25, -0.2) is 19.2 Å². The summed E-state index contributed by atoms with van der Waals surface area (Å²) in [5.74, 6) is 1.13. The molecule has 1 aromatic carbocycles. The smallest absolute Gasteiger partial charge is 0.317 e. The van der Waals surface area contributed by atoms with Crippen LogP contribution < -0.4 is 10.2 Å². The quantitative estimate of drug-likeness (QED) is 0.877. The number of halogens is 1. The number of aromatic nitrogens is 2. The van der Waals surface area contributed by atoms with Gasteiger partial charge in [-0.2, -0.15) is 0 Å². The Morgan fingerprint density at radius 2 is 1.85 bits per heavy atom. The van der Waals surface area contributed by atoms with E-state index in [1.165, 1.54) is 18.5 Å². The van der Waals surface area contributed by atoms with Crippen LogP contribution in [0.3, 0.4) is 0 Å². The molecule has 1 N–H and O–H groups in total. The third-order valence-electron chi connectivity index (χ3n) is 4.68. The molecule has 6 nitrogen and oxygen atoms in total. The minimum Gasteiger partial charge on any atom is -0.353 e. The summed E-state index contributed by atoms with van der Waals surface area (Å²) in [6.45, 7) is 7.76. The van der Waals surface area contributed by atoms with Crippen molar-refractivity contribution in [1.29, 1.82) is 0 Å². The topological polar surface area (TPSA) is 61.4 Å². The van der Waals surface area contributed by atoms with E-state index >= 15 is 0 Å². The van der Waals surface area contributed by atoms with Gasteiger partial charge in [0.15, 0.2) is 0 Å². The van der Waals surface area contributed by atoms with Gasteiger partial charge in [-0.1, -0.05) is 13.8 Å². The first-order valence-corrected chi connectivity index (χ1v) is 9.38. The number of anilines is 1. The molecule has 0 spiro atoms. The average molecular weight is 371 g/mol. The minimum absolute atomic E-state index is 0.00462. The van der Waals surface area contributed by atoms with Gasteiger partial charge in [0.1, 0.15) is 18.0 Å². The van der Waals surface area contributed by atoms with Crippen molar-refractivity contribution in [2.75, 3.05) is 37.6 Å². The molecule has 1 aliphatic rings. The number of carbonyl (C=O) groups is 1. The maximum absolute atomic E-state index is 13.1. The highest BCUT2D eigenvalue weighted by Gasteiger charge is 2.22.